The predicted octanol–water partition coefficient (Wildman–Crippen LogP) is 1.91. The van der Waals surface area contributed by atoms with Gasteiger partial charge in [-0.25, -0.2) is 4.21 Å². The highest BCUT2D eigenvalue weighted by Gasteiger charge is 2.05. The van der Waals surface area contributed by atoms with E-state index in [2.05, 4.69) is 5.48 Å². The molecule has 2 aromatic carbocycles. The van der Waals surface area contributed by atoms with Gasteiger partial charge in [0.15, 0.2) is 0 Å². The molecule has 0 aliphatic heterocycles. The van der Waals surface area contributed by atoms with Gasteiger partial charge in [-0.15, -0.1) is 0 Å². The van der Waals surface area contributed by atoms with Crippen LogP contribution in [-0.4, -0.2) is 10.8 Å². The van der Waals surface area contributed by atoms with Crippen molar-refractivity contribution < 1.29 is 8.49 Å². The number of hydrogen-bond donors (Lipinski definition) is 1. The average Bonchev–Trinajstić information content (AvgIpc) is 2.38. The van der Waals surface area contributed by atoms with E-state index in [0.29, 0.717) is 4.90 Å². The van der Waals surface area contributed by atoms with Crippen LogP contribution in [0, 0.1) is 11.3 Å². The molecule has 2 rings (SSSR count). The third kappa shape index (κ3) is 2.88. The topological polar surface area (TPSA) is 62.1 Å². The lowest BCUT2D eigenvalue weighted by Crippen LogP contribution is -2.16. The number of rotatable bonds is 4. The van der Waals surface area contributed by atoms with E-state index in [-0.39, 0.29) is 6.54 Å². The summed E-state index contributed by atoms with van der Waals surface area (Å²) < 4.78 is 16.5. The van der Waals surface area contributed by atoms with Gasteiger partial charge in [-0.3, -0.25) is 0 Å². The molecule has 5 heteroatoms. The molecule has 0 bridgehead atoms. The normalized spacial score (nSPS) is 12.2. The third-order valence-corrected chi connectivity index (χ3v) is 3.11. The van der Waals surface area contributed by atoms with Gasteiger partial charge in [0.25, 0.3) is 0 Å². The minimum atomic E-state index is -1.60. The highest BCUT2D eigenvalue weighted by atomic mass is 32.2. The Bertz CT molecular complexity index is 592. The van der Waals surface area contributed by atoms with E-state index in [1.54, 1.807) is 12.1 Å². The molecule has 17 heavy (non-hydrogen) atoms. The van der Waals surface area contributed by atoms with Crippen LogP contribution in [0.15, 0.2) is 47.4 Å². The molecule has 0 heterocycles. The van der Waals surface area contributed by atoms with E-state index in [1.807, 2.05) is 36.4 Å². The molecule has 1 N–H and O–H groups in total. The summed E-state index contributed by atoms with van der Waals surface area (Å²) >= 11 is -1.60. The second-order valence-corrected chi connectivity index (χ2v) is 4.41. The maximum atomic E-state index is 11.7. The van der Waals surface area contributed by atoms with E-state index in [1.165, 1.54) is 0 Å². The number of hydrogen-bond acceptors (Lipinski definition) is 4. The quantitative estimate of drug-likeness (QED) is 0.508. The molecule has 0 fully saturated rings. The Hall–Kier alpha value is -1.74. The Morgan fingerprint density at radius 2 is 2.00 bits per heavy atom. The summed E-state index contributed by atoms with van der Waals surface area (Å²) in [5.74, 6) is 0. The largest absolute Gasteiger partial charge is 0.223 e. The maximum Gasteiger partial charge on any atom is 0.206 e. The smallest absolute Gasteiger partial charge is 0.206 e. The Labute approximate surface area is 101 Å². The van der Waals surface area contributed by atoms with Crippen LogP contribution in [0.2, 0.25) is 0 Å². The Morgan fingerprint density at radius 3 is 2.76 bits per heavy atom. The maximum absolute atomic E-state index is 11.7. The van der Waals surface area contributed by atoms with Crippen molar-refractivity contribution in [3.05, 3.63) is 42.5 Å². The summed E-state index contributed by atoms with van der Waals surface area (Å²) in [6.07, 6.45) is 0. The molecule has 2 aromatic rings. The lowest BCUT2D eigenvalue weighted by atomic mass is 10.1. The fourth-order valence-electron chi connectivity index (χ4n) is 1.43. The Kier molecular flexibility index (Phi) is 3.83. The fraction of sp³-hybridized carbons (Fsp3) is 0.0833. The van der Waals surface area contributed by atoms with Gasteiger partial charge in [0.2, 0.25) is 11.1 Å². The molecule has 4 nitrogen and oxygen atoms in total. The van der Waals surface area contributed by atoms with Crippen molar-refractivity contribution in [1.29, 1.82) is 5.26 Å². The molecule has 1 atom stereocenters. The summed E-state index contributed by atoms with van der Waals surface area (Å²) in [7, 11) is 0. The highest BCUT2D eigenvalue weighted by molar-refractivity contribution is 7.80. The molecule has 86 valence electrons. The number of hydroxylamine groups is 1. The SMILES string of the molecule is N#CCNOS(=O)c1ccc2ccccc2c1. The van der Waals surface area contributed by atoms with Crippen molar-refractivity contribution >= 4 is 21.9 Å². The van der Waals surface area contributed by atoms with E-state index in [0.717, 1.165) is 10.8 Å². The zero-order valence-corrected chi connectivity index (χ0v) is 9.74. The molecule has 0 aliphatic carbocycles. The van der Waals surface area contributed by atoms with Crippen LogP contribution in [0.4, 0.5) is 0 Å². The van der Waals surface area contributed by atoms with Gasteiger partial charge in [-0.2, -0.15) is 15.0 Å². The van der Waals surface area contributed by atoms with Gasteiger partial charge in [0.05, 0.1) is 11.0 Å². The van der Waals surface area contributed by atoms with Crippen LogP contribution in [0.5, 0.6) is 0 Å². The van der Waals surface area contributed by atoms with Gasteiger partial charge < -0.3 is 0 Å². The molecular weight excluding hydrogens is 236 g/mol. The molecule has 1 unspecified atom stereocenters. The van der Waals surface area contributed by atoms with Crippen molar-refractivity contribution in [1.82, 2.24) is 5.48 Å². The minimum absolute atomic E-state index is 0.000673. The summed E-state index contributed by atoms with van der Waals surface area (Å²) in [4.78, 5) is 0.564. The van der Waals surface area contributed by atoms with Crippen molar-refractivity contribution in [3.8, 4) is 6.07 Å². The van der Waals surface area contributed by atoms with E-state index >= 15 is 0 Å². The summed E-state index contributed by atoms with van der Waals surface area (Å²) in [6, 6.07) is 15.1. The van der Waals surface area contributed by atoms with Gasteiger partial charge in [0, 0.05) is 0 Å². The number of benzene rings is 2. The molecule has 0 spiro atoms. The summed E-state index contributed by atoms with van der Waals surface area (Å²) in [5.41, 5.74) is 2.32. The number of nitriles is 1. The number of fused-ring (bicyclic) bond motifs is 1. The first kappa shape index (κ1) is 11.7. The lowest BCUT2D eigenvalue weighted by Gasteiger charge is -2.03. The van der Waals surface area contributed by atoms with Crippen molar-refractivity contribution in [2.24, 2.45) is 0 Å². The third-order valence-electron chi connectivity index (χ3n) is 2.20. The number of nitrogens with one attached hydrogen (secondary N) is 1. The molecule has 0 aliphatic rings. The zero-order valence-electron chi connectivity index (χ0n) is 8.92. The van der Waals surface area contributed by atoms with E-state index in [9.17, 15) is 4.21 Å². The first-order valence-corrected chi connectivity index (χ1v) is 6.06. The van der Waals surface area contributed by atoms with Crippen LogP contribution in [-0.2, 0) is 15.4 Å². The first-order valence-electron chi connectivity index (χ1n) is 4.99. The Morgan fingerprint density at radius 1 is 1.24 bits per heavy atom. The molecular formula is C12H10N2O2S. The highest BCUT2D eigenvalue weighted by Crippen LogP contribution is 2.17. The molecule has 0 radical (unpaired) electrons. The Balaban J connectivity index is 2.19. The summed E-state index contributed by atoms with van der Waals surface area (Å²) in [5, 5.41) is 10.4. The monoisotopic (exact) mass is 246 g/mol. The standard InChI is InChI=1S/C12H10N2O2S/c13-7-8-14-16-17(15)12-6-5-10-3-1-2-4-11(10)9-12/h1-6,9,14H,8H2. The van der Waals surface area contributed by atoms with Crippen LogP contribution in [0.3, 0.4) is 0 Å². The van der Waals surface area contributed by atoms with Crippen molar-refractivity contribution in [3.63, 3.8) is 0 Å². The van der Waals surface area contributed by atoms with Crippen LogP contribution in [0.1, 0.15) is 0 Å². The molecule has 0 saturated heterocycles. The van der Waals surface area contributed by atoms with Gasteiger partial charge in [-0.05, 0) is 22.9 Å². The van der Waals surface area contributed by atoms with E-state index in [4.69, 9.17) is 9.55 Å². The zero-order chi connectivity index (χ0) is 12.1. The van der Waals surface area contributed by atoms with Crippen LogP contribution >= 0.6 is 0 Å². The summed E-state index contributed by atoms with van der Waals surface area (Å²) in [6.45, 7) is -0.000673. The van der Waals surface area contributed by atoms with E-state index < -0.39 is 11.1 Å². The predicted molar refractivity (Wildman–Crippen MR) is 65.1 cm³/mol. The van der Waals surface area contributed by atoms with Crippen LogP contribution < -0.4 is 5.48 Å². The van der Waals surface area contributed by atoms with Gasteiger partial charge >= 0.3 is 0 Å². The molecule has 0 amide bonds. The second-order valence-electron chi connectivity index (χ2n) is 3.31. The van der Waals surface area contributed by atoms with Gasteiger partial charge in [-0.1, -0.05) is 30.3 Å². The average molecular weight is 246 g/mol. The van der Waals surface area contributed by atoms with Gasteiger partial charge in [0.1, 0.15) is 6.54 Å². The molecule has 0 aromatic heterocycles. The molecule has 0 saturated carbocycles. The minimum Gasteiger partial charge on any atom is -0.223 e. The second kappa shape index (κ2) is 5.55. The fourth-order valence-corrected chi connectivity index (χ4v) is 2.10. The van der Waals surface area contributed by atoms with Crippen LogP contribution in [0.25, 0.3) is 10.8 Å². The number of nitrogens with zero attached hydrogens (tertiary/aromatic N) is 1. The van der Waals surface area contributed by atoms with Crippen molar-refractivity contribution in [2.75, 3.05) is 6.54 Å². The lowest BCUT2D eigenvalue weighted by molar-refractivity contribution is 0.237. The van der Waals surface area contributed by atoms with Crippen molar-refractivity contribution in [2.45, 2.75) is 4.90 Å². The first-order chi connectivity index (χ1) is 8.31.